The maximum Gasteiger partial charge on any atom is 0.573 e. The molecule has 0 fully saturated rings. The molecule has 0 amide bonds. The number of rotatable bonds is 3. The number of halogens is 5. The number of hydrogen-bond donors (Lipinski definition) is 0. The highest BCUT2D eigenvalue weighted by Gasteiger charge is 2.34. The van der Waals surface area contributed by atoms with Crippen molar-refractivity contribution in [1.82, 2.24) is 4.98 Å². The number of aromatic nitrogens is 1. The number of methoxy groups -OCH3 is 1. The molecule has 4 nitrogen and oxygen atoms in total. The molecule has 1 rings (SSSR count). The Morgan fingerprint density at radius 1 is 1.56 bits per heavy atom. The summed E-state index contributed by atoms with van der Waals surface area (Å²) in [6.07, 6.45) is -4.13. The molecule has 0 spiro atoms. The Hall–Kier alpha value is -0.770. The van der Waals surface area contributed by atoms with Gasteiger partial charge in [0.15, 0.2) is 5.75 Å². The second-order valence-corrected chi connectivity index (χ2v) is 4.28. The first kappa shape index (κ1) is 15.3. The van der Waals surface area contributed by atoms with Gasteiger partial charge in [-0.05, 0) is 22.6 Å². The van der Waals surface area contributed by atoms with Crippen LogP contribution in [0.2, 0.25) is 0 Å². The first-order valence-corrected chi connectivity index (χ1v) is 5.99. The van der Waals surface area contributed by atoms with Crippen LogP contribution in [0.5, 0.6) is 5.75 Å². The van der Waals surface area contributed by atoms with Crippen molar-refractivity contribution in [2.24, 2.45) is 0 Å². The fourth-order valence-corrected chi connectivity index (χ4v) is 2.34. The fraction of sp³-hybridized carbons (Fsp3) is 0.333. The Balaban J connectivity index is 3.34. The van der Waals surface area contributed by atoms with Crippen LogP contribution in [0, 0.1) is 3.57 Å². The van der Waals surface area contributed by atoms with Crippen molar-refractivity contribution in [2.75, 3.05) is 7.11 Å². The Morgan fingerprint density at radius 3 is 2.61 bits per heavy atom. The SMILES string of the molecule is COC(=O)c1c(OC(F)(F)F)cnc(CCl)c1I. The summed E-state index contributed by atoms with van der Waals surface area (Å²) in [5, 5.41) is 0. The minimum atomic E-state index is -4.92. The molecule has 1 heterocycles. The molecule has 0 aliphatic heterocycles. The van der Waals surface area contributed by atoms with Crippen molar-refractivity contribution in [2.45, 2.75) is 12.2 Å². The van der Waals surface area contributed by atoms with Gasteiger partial charge in [-0.15, -0.1) is 24.8 Å². The second kappa shape index (κ2) is 5.91. The van der Waals surface area contributed by atoms with Gasteiger partial charge >= 0.3 is 12.3 Å². The van der Waals surface area contributed by atoms with Crippen molar-refractivity contribution in [3.05, 3.63) is 21.0 Å². The molecular weight excluding hydrogens is 389 g/mol. The van der Waals surface area contributed by atoms with Crippen molar-refractivity contribution in [3.8, 4) is 5.75 Å². The number of carbonyl (C=O) groups excluding carboxylic acids is 1. The average molecular weight is 396 g/mol. The van der Waals surface area contributed by atoms with E-state index in [1.54, 1.807) is 22.6 Å². The zero-order chi connectivity index (χ0) is 13.9. The van der Waals surface area contributed by atoms with E-state index in [0.29, 0.717) is 0 Å². The molecular formula is C9H6ClF3INO3. The van der Waals surface area contributed by atoms with Crippen LogP contribution in [-0.2, 0) is 10.6 Å². The van der Waals surface area contributed by atoms with Gasteiger partial charge in [0.05, 0.1) is 28.5 Å². The number of pyridine rings is 1. The summed E-state index contributed by atoms with van der Waals surface area (Å²) >= 11 is 7.22. The Kier molecular flexibility index (Phi) is 5.02. The zero-order valence-electron chi connectivity index (χ0n) is 8.85. The number of esters is 1. The van der Waals surface area contributed by atoms with Crippen molar-refractivity contribution < 1.29 is 27.4 Å². The highest BCUT2D eigenvalue weighted by molar-refractivity contribution is 14.1. The van der Waals surface area contributed by atoms with Gasteiger partial charge in [-0.1, -0.05) is 0 Å². The molecule has 1 aromatic rings. The minimum absolute atomic E-state index is 0.0471. The lowest BCUT2D eigenvalue weighted by Gasteiger charge is -2.14. The number of alkyl halides is 4. The van der Waals surface area contributed by atoms with E-state index in [9.17, 15) is 18.0 Å². The van der Waals surface area contributed by atoms with E-state index >= 15 is 0 Å². The van der Waals surface area contributed by atoms with E-state index in [1.807, 2.05) is 0 Å². The van der Waals surface area contributed by atoms with Gasteiger partial charge < -0.3 is 9.47 Å². The summed E-state index contributed by atoms with van der Waals surface area (Å²) < 4.78 is 44.8. The third-order valence-corrected chi connectivity index (χ3v) is 3.21. The highest BCUT2D eigenvalue weighted by atomic mass is 127. The first-order chi connectivity index (χ1) is 8.30. The number of nitrogens with zero attached hydrogens (tertiary/aromatic N) is 1. The summed E-state index contributed by atoms with van der Waals surface area (Å²) in [7, 11) is 1.05. The van der Waals surface area contributed by atoms with Crippen LogP contribution in [0.15, 0.2) is 6.20 Å². The minimum Gasteiger partial charge on any atom is -0.465 e. The molecule has 0 aliphatic carbocycles. The third kappa shape index (κ3) is 3.61. The van der Waals surface area contributed by atoms with Crippen LogP contribution in [0.25, 0.3) is 0 Å². The first-order valence-electron chi connectivity index (χ1n) is 4.37. The molecule has 1 aromatic heterocycles. The van der Waals surface area contributed by atoms with E-state index in [1.165, 1.54) is 0 Å². The summed E-state index contributed by atoms with van der Waals surface area (Å²) in [6.45, 7) is 0. The summed E-state index contributed by atoms with van der Waals surface area (Å²) in [5.41, 5.74) is -0.0757. The maximum absolute atomic E-state index is 12.2. The fourth-order valence-electron chi connectivity index (χ4n) is 1.10. The van der Waals surface area contributed by atoms with Gasteiger partial charge in [0.25, 0.3) is 0 Å². The van der Waals surface area contributed by atoms with Crippen LogP contribution in [0.1, 0.15) is 16.1 Å². The van der Waals surface area contributed by atoms with E-state index in [0.717, 1.165) is 13.3 Å². The number of hydrogen-bond acceptors (Lipinski definition) is 4. The van der Waals surface area contributed by atoms with E-state index in [2.05, 4.69) is 14.5 Å². The van der Waals surface area contributed by atoms with Gasteiger partial charge in [0, 0.05) is 0 Å². The number of ether oxygens (including phenoxy) is 2. The highest BCUT2D eigenvalue weighted by Crippen LogP contribution is 2.31. The molecule has 0 aliphatic rings. The van der Waals surface area contributed by atoms with Crippen LogP contribution < -0.4 is 4.74 Å². The zero-order valence-corrected chi connectivity index (χ0v) is 11.8. The molecule has 0 atom stereocenters. The third-order valence-electron chi connectivity index (χ3n) is 1.80. The van der Waals surface area contributed by atoms with Crippen LogP contribution in [0.3, 0.4) is 0 Å². The number of carbonyl (C=O) groups is 1. The second-order valence-electron chi connectivity index (χ2n) is 2.93. The molecule has 0 radical (unpaired) electrons. The van der Waals surface area contributed by atoms with E-state index in [-0.39, 0.29) is 20.7 Å². The molecule has 0 saturated carbocycles. The molecule has 0 unspecified atom stereocenters. The van der Waals surface area contributed by atoms with E-state index in [4.69, 9.17) is 11.6 Å². The van der Waals surface area contributed by atoms with Crippen LogP contribution in [-0.4, -0.2) is 24.4 Å². The summed E-state index contributed by atoms with van der Waals surface area (Å²) in [5.74, 6) is -1.71. The lowest BCUT2D eigenvalue weighted by molar-refractivity contribution is -0.274. The maximum atomic E-state index is 12.2. The largest absolute Gasteiger partial charge is 0.573 e. The quantitative estimate of drug-likeness (QED) is 0.448. The van der Waals surface area contributed by atoms with Gasteiger partial charge in [-0.25, -0.2) is 4.79 Å². The standard InChI is InChI=1S/C9H6ClF3INO3/c1-17-8(16)6-5(18-9(11,12)13)3-15-4(2-10)7(6)14/h3H,2H2,1H3. The molecule has 0 aromatic carbocycles. The predicted molar refractivity (Wildman–Crippen MR) is 64.5 cm³/mol. The van der Waals surface area contributed by atoms with Crippen molar-refractivity contribution in [3.63, 3.8) is 0 Å². The molecule has 0 bridgehead atoms. The predicted octanol–water partition coefficient (Wildman–Crippen LogP) is 3.11. The van der Waals surface area contributed by atoms with Gasteiger partial charge in [0.2, 0.25) is 0 Å². The Morgan fingerprint density at radius 2 is 2.17 bits per heavy atom. The van der Waals surface area contributed by atoms with Crippen molar-refractivity contribution >= 4 is 40.2 Å². The van der Waals surface area contributed by atoms with Gasteiger partial charge in [0.1, 0.15) is 5.56 Å². The van der Waals surface area contributed by atoms with Gasteiger partial charge in [-0.2, -0.15) is 0 Å². The molecule has 18 heavy (non-hydrogen) atoms. The normalized spacial score (nSPS) is 11.2. The monoisotopic (exact) mass is 395 g/mol. The molecule has 0 saturated heterocycles. The van der Waals surface area contributed by atoms with Gasteiger partial charge in [-0.3, -0.25) is 4.98 Å². The summed E-state index contributed by atoms with van der Waals surface area (Å²) in [6, 6.07) is 0. The Labute approximate surface area is 119 Å². The lowest BCUT2D eigenvalue weighted by atomic mass is 10.2. The molecule has 0 N–H and O–H groups in total. The van der Waals surface area contributed by atoms with Crippen molar-refractivity contribution in [1.29, 1.82) is 0 Å². The smallest absolute Gasteiger partial charge is 0.465 e. The van der Waals surface area contributed by atoms with E-state index < -0.39 is 18.1 Å². The van der Waals surface area contributed by atoms with Crippen LogP contribution in [0.4, 0.5) is 13.2 Å². The van der Waals surface area contributed by atoms with Crippen LogP contribution >= 0.6 is 34.2 Å². The molecule has 9 heteroatoms. The summed E-state index contributed by atoms with van der Waals surface area (Å²) in [4.78, 5) is 15.1. The topological polar surface area (TPSA) is 48.4 Å². The lowest BCUT2D eigenvalue weighted by Crippen LogP contribution is -2.20. The average Bonchev–Trinajstić information content (AvgIpc) is 2.26. The molecule has 100 valence electrons. The Bertz CT molecular complexity index is 467.